The molecule has 0 radical (unpaired) electrons. The Hall–Kier alpha value is -2.02. The Morgan fingerprint density at radius 2 is 1.79 bits per heavy atom. The molecule has 0 fully saturated rings. The summed E-state index contributed by atoms with van der Waals surface area (Å²) in [5.74, 6) is -0.630. The summed E-state index contributed by atoms with van der Waals surface area (Å²) in [6.07, 6.45) is -0.875. The molecule has 0 spiro atoms. The van der Waals surface area contributed by atoms with Crippen LogP contribution in [0.1, 0.15) is 23.3 Å². The highest BCUT2D eigenvalue weighted by molar-refractivity contribution is 7.99. The number of benzene rings is 2. The molecule has 0 saturated carbocycles. The quantitative estimate of drug-likeness (QED) is 0.663. The minimum absolute atomic E-state index is 0. The number of thioether (sulfide) groups is 1. The van der Waals surface area contributed by atoms with Gasteiger partial charge in [-0.2, -0.15) is 0 Å². The van der Waals surface area contributed by atoms with Crippen molar-refractivity contribution >= 4 is 41.7 Å². The van der Waals surface area contributed by atoms with Gasteiger partial charge in [0.05, 0.1) is 10.9 Å². The third-order valence-corrected chi connectivity index (χ3v) is 6.04. The maximum Gasteiger partial charge on any atom is 0.303 e. The molecule has 0 aliphatic carbocycles. The van der Waals surface area contributed by atoms with E-state index in [1.165, 1.54) is 6.92 Å². The zero-order chi connectivity index (χ0) is 20.3. The zero-order valence-corrected chi connectivity index (χ0v) is 18.8. The number of hydrogen-bond donors (Lipinski definition) is 0. The topological polar surface area (TPSA) is 49.9 Å². The lowest BCUT2D eigenvalue weighted by molar-refractivity contribution is -0.152. The maximum absolute atomic E-state index is 13.5. The van der Waals surface area contributed by atoms with Gasteiger partial charge in [-0.3, -0.25) is 9.59 Å². The zero-order valence-electron chi connectivity index (χ0n) is 17.1. The van der Waals surface area contributed by atoms with E-state index >= 15 is 0 Å². The minimum Gasteiger partial charge on any atom is -0.451 e. The molecule has 7 heteroatoms. The molecule has 0 bridgehead atoms. The molecule has 0 saturated heterocycles. The van der Waals surface area contributed by atoms with E-state index in [2.05, 4.69) is 0 Å². The van der Waals surface area contributed by atoms with E-state index in [0.29, 0.717) is 13.1 Å². The fourth-order valence-corrected chi connectivity index (χ4v) is 4.52. The van der Waals surface area contributed by atoms with E-state index in [0.717, 1.165) is 21.7 Å². The number of likely N-dealkylation sites (N-methyl/N-ethyl adjacent to an activating group) is 1. The van der Waals surface area contributed by atoms with Crippen LogP contribution in [0.25, 0.3) is 0 Å². The van der Waals surface area contributed by atoms with Gasteiger partial charge in [0.25, 0.3) is 5.91 Å². The molecular formula is C22H27ClN2O3S. The summed E-state index contributed by atoms with van der Waals surface area (Å²) in [5, 5.41) is -0.303. The van der Waals surface area contributed by atoms with Crippen LogP contribution in [0.15, 0.2) is 53.4 Å². The van der Waals surface area contributed by atoms with Crippen LogP contribution in [0.5, 0.6) is 0 Å². The van der Waals surface area contributed by atoms with Crippen LogP contribution < -0.4 is 4.90 Å². The van der Waals surface area contributed by atoms with Crippen LogP contribution in [0, 0.1) is 6.92 Å². The molecule has 1 heterocycles. The normalized spacial score (nSPS) is 18.7. The third kappa shape index (κ3) is 5.53. The summed E-state index contributed by atoms with van der Waals surface area (Å²) in [4.78, 5) is 30.2. The number of amides is 1. The Bertz CT molecular complexity index is 857. The number of carbonyl (C=O) groups excluding carboxylic acids is 2. The fourth-order valence-electron chi connectivity index (χ4n) is 3.20. The number of nitrogens with zero attached hydrogens (tertiary/aromatic N) is 2. The molecule has 1 aliphatic rings. The number of para-hydroxylation sites is 1. The Kier molecular flexibility index (Phi) is 8.14. The van der Waals surface area contributed by atoms with Crippen molar-refractivity contribution in [2.24, 2.45) is 0 Å². The monoisotopic (exact) mass is 434 g/mol. The van der Waals surface area contributed by atoms with Crippen molar-refractivity contribution in [2.75, 3.05) is 32.1 Å². The number of rotatable bonds is 5. The third-order valence-electron chi connectivity index (χ3n) is 4.66. The SMILES string of the molecule is CC(=O)OC1C(=O)N(CCN(C)C)c2ccccc2SC1c1ccc(C)cc1.Cl. The van der Waals surface area contributed by atoms with Gasteiger partial charge in [-0.15, -0.1) is 24.2 Å². The second-order valence-electron chi connectivity index (χ2n) is 7.24. The van der Waals surface area contributed by atoms with Gasteiger partial charge in [-0.05, 0) is 38.7 Å². The number of aryl methyl sites for hydroxylation is 1. The first-order valence-electron chi connectivity index (χ1n) is 9.32. The van der Waals surface area contributed by atoms with Crippen molar-refractivity contribution < 1.29 is 14.3 Å². The Morgan fingerprint density at radius 3 is 2.41 bits per heavy atom. The molecule has 1 aliphatic heterocycles. The van der Waals surface area contributed by atoms with E-state index < -0.39 is 12.1 Å². The van der Waals surface area contributed by atoms with Gasteiger partial charge < -0.3 is 14.5 Å². The summed E-state index contributed by atoms with van der Waals surface area (Å²) in [6.45, 7) is 4.62. The van der Waals surface area contributed by atoms with E-state index in [9.17, 15) is 9.59 Å². The largest absolute Gasteiger partial charge is 0.451 e. The van der Waals surface area contributed by atoms with Gasteiger partial charge in [-0.25, -0.2) is 0 Å². The Morgan fingerprint density at radius 1 is 1.14 bits per heavy atom. The first-order chi connectivity index (χ1) is 13.4. The summed E-state index contributed by atoms with van der Waals surface area (Å²) in [5.41, 5.74) is 2.98. The number of anilines is 1. The van der Waals surface area contributed by atoms with Crippen LogP contribution in [-0.4, -0.2) is 50.1 Å². The van der Waals surface area contributed by atoms with Crippen molar-refractivity contribution in [3.05, 3.63) is 59.7 Å². The second-order valence-corrected chi connectivity index (χ2v) is 8.42. The molecule has 1 amide bonds. The summed E-state index contributed by atoms with van der Waals surface area (Å²) in [7, 11) is 3.95. The Balaban J connectivity index is 0.00000300. The highest BCUT2D eigenvalue weighted by atomic mass is 35.5. The number of hydrogen-bond acceptors (Lipinski definition) is 5. The molecule has 3 rings (SSSR count). The molecule has 5 nitrogen and oxygen atoms in total. The summed E-state index contributed by atoms with van der Waals surface area (Å²) >= 11 is 1.58. The lowest BCUT2D eigenvalue weighted by atomic mass is 10.0. The average Bonchev–Trinajstić information content (AvgIpc) is 2.76. The highest BCUT2D eigenvalue weighted by Crippen LogP contribution is 2.46. The molecular weight excluding hydrogens is 408 g/mol. The number of carbonyl (C=O) groups is 2. The standard InChI is InChI=1S/C22H26N2O3S.ClH/c1-15-9-11-17(12-10-15)21-20(27-16(2)25)22(26)24(14-13-23(3)4)18-7-5-6-8-19(18)28-21;/h5-12,20-21H,13-14H2,1-4H3;1H. The molecule has 156 valence electrons. The predicted octanol–water partition coefficient (Wildman–Crippen LogP) is 4.09. The number of halogens is 1. The predicted molar refractivity (Wildman–Crippen MR) is 120 cm³/mol. The molecule has 0 aromatic heterocycles. The van der Waals surface area contributed by atoms with E-state index in [1.807, 2.05) is 74.4 Å². The lowest BCUT2D eigenvalue weighted by Gasteiger charge is -2.28. The number of ether oxygens (including phenoxy) is 1. The molecule has 2 aromatic carbocycles. The molecule has 2 atom stereocenters. The van der Waals surface area contributed by atoms with Gasteiger partial charge >= 0.3 is 5.97 Å². The van der Waals surface area contributed by atoms with Gasteiger partial charge in [-0.1, -0.05) is 42.0 Å². The molecule has 29 heavy (non-hydrogen) atoms. The summed E-state index contributed by atoms with van der Waals surface area (Å²) < 4.78 is 5.58. The van der Waals surface area contributed by atoms with Crippen molar-refractivity contribution in [1.82, 2.24) is 4.90 Å². The van der Waals surface area contributed by atoms with Crippen molar-refractivity contribution in [3.63, 3.8) is 0 Å². The Labute approximate surface area is 182 Å². The fraction of sp³-hybridized carbons (Fsp3) is 0.364. The van der Waals surface area contributed by atoms with Crippen LogP contribution in [0.3, 0.4) is 0 Å². The highest BCUT2D eigenvalue weighted by Gasteiger charge is 2.40. The second kappa shape index (κ2) is 10.1. The number of fused-ring (bicyclic) bond motifs is 1. The van der Waals surface area contributed by atoms with E-state index in [1.54, 1.807) is 16.7 Å². The van der Waals surface area contributed by atoms with Crippen LogP contribution in [0.2, 0.25) is 0 Å². The van der Waals surface area contributed by atoms with Crippen LogP contribution in [0.4, 0.5) is 5.69 Å². The van der Waals surface area contributed by atoms with Gasteiger partial charge in [0.1, 0.15) is 0 Å². The lowest BCUT2D eigenvalue weighted by Crippen LogP contribution is -2.45. The van der Waals surface area contributed by atoms with Crippen molar-refractivity contribution in [3.8, 4) is 0 Å². The molecule has 0 N–H and O–H groups in total. The van der Waals surface area contributed by atoms with E-state index in [-0.39, 0.29) is 23.6 Å². The average molecular weight is 435 g/mol. The van der Waals surface area contributed by atoms with Gasteiger partial charge in [0.2, 0.25) is 0 Å². The first kappa shape index (κ1) is 23.3. The summed E-state index contributed by atoms with van der Waals surface area (Å²) in [6, 6.07) is 15.9. The molecule has 2 aromatic rings. The smallest absolute Gasteiger partial charge is 0.303 e. The number of esters is 1. The van der Waals surface area contributed by atoms with Crippen molar-refractivity contribution in [1.29, 1.82) is 0 Å². The maximum atomic E-state index is 13.5. The van der Waals surface area contributed by atoms with Crippen LogP contribution >= 0.6 is 24.2 Å². The first-order valence-corrected chi connectivity index (χ1v) is 10.2. The van der Waals surface area contributed by atoms with Gasteiger partial charge in [0.15, 0.2) is 6.10 Å². The van der Waals surface area contributed by atoms with Gasteiger partial charge in [0, 0.05) is 24.9 Å². The minimum atomic E-state index is -0.875. The van der Waals surface area contributed by atoms with Crippen molar-refractivity contribution in [2.45, 2.75) is 30.1 Å². The van der Waals surface area contributed by atoms with E-state index in [4.69, 9.17) is 4.74 Å². The van der Waals surface area contributed by atoms with Crippen LogP contribution in [-0.2, 0) is 14.3 Å². The molecule has 2 unspecified atom stereocenters.